The number of benzene rings is 2. The maximum absolute atomic E-state index is 6.22. The monoisotopic (exact) mass is 542 g/mol. The Morgan fingerprint density at radius 3 is 2.60 bits per heavy atom. The molecule has 3 N–H and O–H groups in total. The topological polar surface area (TPSA) is 72.1 Å². The molecule has 0 amide bonds. The predicted molar refractivity (Wildman–Crippen MR) is 133 cm³/mol. The van der Waals surface area contributed by atoms with Crippen molar-refractivity contribution in [3.05, 3.63) is 53.1 Å². The van der Waals surface area contributed by atoms with E-state index in [2.05, 4.69) is 21.3 Å². The van der Waals surface area contributed by atoms with Gasteiger partial charge in [0.05, 0.1) is 25.8 Å². The molecule has 162 valence electrons. The van der Waals surface area contributed by atoms with Crippen LogP contribution in [0.3, 0.4) is 0 Å². The van der Waals surface area contributed by atoms with E-state index in [9.17, 15) is 0 Å². The number of rotatable bonds is 5. The summed E-state index contributed by atoms with van der Waals surface area (Å²) in [4.78, 5) is 7.08. The van der Waals surface area contributed by atoms with E-state index in [1.165, 1.54) is 18.4 Å². The van der Waals surface area contributed by atoms with Gasteiger partial charge in [-0.05, 0) is 55.8 Å². The van der Waals surface area contributed by atoms with Crippen molar-refractivity contribution in [3.63, 3.8) is 0 Å². The molecule has 1 saturated heterocycles. The number of halogens is 2. The number of anilines is 1. The van der Waals surface area contributed by atoms with Gasteiger partial charge in [-0.1, -0.05) is 23.7 Å². The molecule has 1 atom stereocenters. The summed E-state index contributed by atoms with van der Waals surface area (Å²) in [6.45, 7) is 4.04. The van der Waals surface area contributed by atoms with Crippen LogP contribution < -0.4 is 20.5 Å². The van der Waals surface area contributed by atoms with Crippen molar-refractivity contribution >= 4 is 47.2 Å². The van der Waals surface area contributed by atoms with Gasteiger partial charge in [0.15, 0.2) is 17.5 Å². The molecule has 0 aromatic heterocycles. The Labute approximate surface area is 199 Å². The molecule has 0 radical (unpaired) electrons. The van der Waals surface area contributed by atoms with E-state index in [-0.39, 0.29) is 30.0 Å². The Hall–Kier alpha value is -1.71. The summed E-state index contributed by atoms with van der Waals surface area (Å²) in [7, 11) is 0. The largest absolute Gasteiger partial charge is 0.490 e. The number of hydrogen-bond donors (Lipinski definition) is 2. The van der Waals surface area contributed by atoms with Crippen LogP contribution in [0.4, 0.5) is 5.69 Å². The van der Waals surface area contributed by atoms with Gasteiger partial charge in [-0.15, -0.1) is 24.0 Å². The Balaban J connectivity index is 0.00000256. The number of nitrogens with one attached hydrogen (secondary N) is 1. The molecule has 0 spiro atoms. The smallest absolute Gasteiger partial charge is 0.193 e. The van der Waals surface area contributed by atoms with Crippen LogP contribution >= 0.6 is 35.6 Å². The van der Waals surface area contributed by atoms with Gasteiger partial charge >= 0.3 is 0 Å². The van der Waals surface area contributed by atoms with Crippen LogP contribution in [-0.4, -0.2) is 43.7 Å². The maximum atomic E-state index is 6.22. The number of aliphatic imine (C=N–C) groups is 1. The van der Waals surface area contributed by atoms with E-state index in [4.69, 9.17) is 26.8 Å². The number of likely N-dealkylation sites (tertiary alicyclic amines) is 1. The highest BCUT2D eigenvalue weighted by Crippen LogP contribution is 2.32. The molecule has 6 nitrogen and oxygen atoms in total. The summed E-state index contributed by atoms with van der Waals surface area (Å²) < 4.78 is 11.4. The summed E-state index contributed by atoms with van der Waals surface area (Å²) in [6.07, 6.45) is 3.31. The Bertz CT molecular complexity index is 874. The second kappa shape index (κ2) is 11.1. The summed E-state index contributed by atoms with van der Waals surface area (Å²) in [5, 5.41) is 3.91. The fraction of sp³-hybridized carbons (Fsp3) is 0.409. The zero-order chi connectivity index (χ0) is 20.1. The van der Waals surface area contributed by atoms with Crippen LogP contribution in [0.15, 0.2) is 47.5 Å². The molecular formula is C22H28ClIN4O2. The van der Waals surface area contributed by atoms with Gasteiger partial charge in [0.1, 0.15) is 0 Å². The van der Waals surface area contributed by atoms with Crippen LogP contribution in [-0.2, 0) is 0 Å². The third-order valence-corrected chi connectivity index (χ3v) is 5.50. The van der Waals surface area contributed by atoms with Crippen molar-refractivity contribution < 1.29 is 9.47 Å². The zero-order valence-corrected chi connectivity index (χ0v) is 19.9. The second-order valence-corrected chi connectivity index (χ2v) is 7.81. The molecular weight excluding hydrogens is 515 g/mol. The molecule has 2 aliphatic rings. The SMILES string of the molecule is I.NC(=NCC(c1cccc(Cl)c1)N1CCCC1)Nc1ccc2c(c1)OCCCO2. The quantitative estimate of drug-likeness (QED) is 0.326. The third-order valence-electron chi connectivity index (χ3n) is 5.27. The molecule has 4 rings (SSSR count). The minimum Gasteiger partial charge on any atom is -0.490 e. The molecule has 0 saturated carbocycles. The van der Waals surface area contributed by atoms with Gasteiger partial charge in [0.2, 0.25) is 0 Å². The average Bonchev–Trinajstić information content (AvgIpc) is 3.13. The number of nitrogens with zero attached hydrogens (tertiary/aromatic N) is 2. The van der Waals surface area contributed by atoms with E-state index >= 15 is 0 Å². The highest BCUT2D eigenvalue weighted by atomic mass is 127. The first-order chi connectivity index (χ1) is 14.2. The van der Waals surface area contributed by atoms with E-state index in [1.807, 2.05) is 36.4 Å². The van der Waals surface area contributed by atoms with Crippen molar-refractivity contribution in [1.29, 1.82) is 0 Å². The van der Waals surface area contributed by atoms with E-state index in [1.54, 1.807) is 0 Å². The first-order valence-corrected chi connectivity index (χ1v) is 10.5. The van der Waals surface area contributed by atoms with Gasteiger partial charge in [0, 0.05) is 23.2 Å². The first-order valence-electron chi connectivity index (χ1n) is 10.2. The lowest BCUT2D eigenvalue weighted by molar-refractivity contribution is 0.252. The van der Waals surface area contributed by atoms with Gasteiger partial charge in [0.25, 0.3) is 0 Å². The summed E-state index contributed by atoms with van der Waals surface area (Å²) in [6, 6.07) is 13.9. The van der Waals surface area contributed by atoms with Crippen molar-refractivity contribution in [3.8, 4) is 11.5 Å². The number of hydrogen-bond acceptors (Lipinski definition) is 4. The van der Waals surface area contributed by atoms with Crippen molar-refractivity contribution in [2.45, 2.75) is 25.3 Å². The Kier molecular flexibility index (Phi) is 8.47. The highest BCUT2D eigenvalue weighted by molar-refractivity contribution is 14.0. The van der Waals surface area contributed by atoms with E-state index in [0.29, 0.717) is 25.7 Å². The normalized spacial score (nSPS) is 17.7. The number of ether oxygens (including phenoxy) is 2. The first kappa shape index (κ1) is 23.0. The summed E-state index contributed by atoms with van der Waals surface area (Å²) in [5.41, 5.74) is 8.19. The molecule has 2 aromatic rings. The summed E-state index contributed by atoms with van der Waals surface area (Å²) >= 11 is 6.22. The van der Waals surface area contributed by atoms with Crippen LogP contribution in [0.1, 0.15) is 30.9 Å². The molecule has 0 aliphatic carbocycles. The average molecular weight is 543 g/mol. The molecule has 0 bridgehead atoms. The maximum Gasteiger partial charge on any atom is 0.193 e. The molecule has 30 heavy (non-hydrogen) atoms. The minimum absolute atomic E-state index is 0. The fourth-order valence-electron chi connectivity index (χ4n) is 3.81. The van der Waals surface area contributed by atoms with E-state index < -0.39 is 0 Å². The van der Waals surface area contributed by atoms with Crippen LogP contribution in [0.25, 0.3) is 0 Å². The van der Waals surface area contributed by atoms with Crippen molar-refractivity contribution in [2.24, 2.45) is 10.7 Å². The zero-order valence-electron chi connectivity index (χ0n) is 16.9. The van der Waals surface area contributed by atoms with Gasteiger partial charge in [-0.3, -0.25) is 9.89 Å². The second-order valence-electron chi connectivity index (χ2n) is 7.38. The van der Waals surface area contributed by atoms with Gasteiger partial charge in [-0.2, -0.15) is 0 Å². The Morgan fingerprint density at radius 1 is 1.07 bits per heavy atom. The minimum atomic E-state index is 0. The number of nitrogens with two attached hydrogens (primary N) is 1. The highest BCUT2D eigenvalue weighted by Gasteiger charge is 2.23. The standard InChI is InChI=1S/C22H27ClN4O2.HI/c23-17-6-3-5-16(13-17)19(27-9-1-2-10-27)15-25-22(24)26-18-7-8-20-21(14-18)29-12-4-11-28-20;/h3,5-8,13-14,19H,1-2,4,9-12,15H2,(H3,24,25,26);1H. The molecule has 2 heterocycles. The van der Waals surface area contributed by atoms with Crippen molar-refractivity contribution in [1.82, 2.24) is 4.90 Å². The van der Waals surface area contributed by atoms with Crippen LogP contribution in [0.2, 0.25) is 5.02 Å². The number of guanidine groups is 1. The van der Waals surface area contributed by atoms with Gasteiger partial charge in [-0.25, -0.2) is 0 Å². The molecule has 2 aliphatic heterocycles. The molecule has 8 heteroatoms. The van der Waals surface area contributed by atoms with E-state index in [0.717, 1.165) is 41.7 Å². The van der Waals surface area contributed by atoms with Gasteiger partial charge < -0.3 is 20.5 Å². The van der Waals surface area contributed by atoms with Crippen molar-refractivity contribution in [2.75, 3.05) is 38.2 Å². The third kappa shape index (κ3) is 5.92. The van der Waals surface area contributed by atoms with Crippen LogP contribution in [0.5, 0.6) is 11.5 Å². The predicted octanol–water partition coefficient (Wildman–Crippen LogP) is 4.68. The Morgan fingerprint density at radius 2 is 1.83 bits per heavy atom. The molecule has 1 unspecified atom stereocenters. The number of fused-ring (bicyclic) bond motifs is 1. The molecule has 2 aromatic carbocycles. The lowest BCUT2D eigenvalue weighted by Crippen LogP contribution is -2.30. The summed E-state index contributed by atoms with van der Waals surface area (Å²) in [5.74, 6) is 1.87. The fourth-order valence-corrected chi connectivity index (χ4v) is 4.01. The lowest BCUT2D eigenvalue weighted by Gasteiger charge is -2.27. The molecule has 1 fully saturated rings. The lowest BCUT2D eigenvalue weighted by atomic mass is 10.1. The van der Waals surface area contributed by atoms with Crippen LogP contribution in [0, 0.1) is 0 Å².